The lowest BCUT2D eigenvalue weighted by Crippen LogP contribution is -2.21. The van der Waals surface area contributed by atoms with Gasteiger partial charge in [-0.05, 0) is 6.07 Å². The second-order valence-corrected chi connectivity index (χ2v) is 4.57. The molecule has 114 valence electrons. The maximum Gasteiger partial charge on any atom is 0.170 e. The summed E-state index contributed by atoms with van der Waals surface area (Å²) in [7, 11) is 3.12. The summed E-state index contributed by atoms with van der Waals surface area (Å²) >= 11 is 0. The first kappa shape index (κ1) is 15.5. The van der Waals surface area contributed by atoms with E-state index in [1.54, 1.807) is 31.5 Å². The Morgan fingerprint density at radius 1 is 1.33 bits per heavy atom. The van der Waals surface area contributed by atoms with Gasteiger partial charge in [-0.25, -0.2) is 9.37 Å². The third-order valence-corrected chi connectivity index (χ3v) is 3.17. The largest absolute Gasteiger partial charge is 0.494 e. The number of rotatable bonds is 8. The molecule has 0 saturated carbocycles. The molecule has 0 radical (unpaired) electrons. The number of hydrogen-bond donors (Lipinski definition) is 1. The predicted octanol–water partition coefficient (Wildman–Crippen LogP) is 1.82. The summed E-state index contributed by atoms with van der Waals surface area (Å²) in [5.74, 6) is 0.785. The number of benzene rings is 1. The van der Waals surface area contributed by atoms with Gasteiger partial charge in [0.2, 0.25) is 0 Å². The number of ether oxygens (including phenoxy) is 2. The van der Waals surface area contributed by atoms with E-state index in [4.69, 9.17) is 9.47 Å². The smallest absolute Gasteiger partial charge is 0.170 e. The van der Waals surface area contributed by atoms with Gasteiger partial charge in [-0.3, -0.25) is 0 Å². The molecule has 0 unspecified atom stereocenters. The van der Waals surface area contributed by atoms with E-state index in [9.17, 15) is 4.39 Å². The Balaban J connectivity index is 2.05. The van der Waals surface area contributed by atoms with Gasteiger partial charge in [0.1, 0.15) is 5.82 Å². The molecule has 0 amide bonds. The van der Waals surface area contributed by atoms with Crippen molar-refractivity contribution in [1.82, 2.24) is 14.9 Å². The molecule has 1 aromatic heterocycles. The van der Waals surface area contributed by atoms with Crippen LogP contribution in [0.15, 0.2) is 30.6 Å². The molecule has 6 heteroatoms. The maximum atomic E-state index is 14.2. The Hall–Kier alpha value is -1.92. The molecule has 1 N–H and O–H groups in total. The summed E-state index contributed by atoms with van der Waals surface area (Å²) < 4.78 is 26.0. The van der Waals surface area contributed by atoms with Gasteiger partial charge >= 0.3 is 0 Å². The molecule has 0 atom stereocenters. The number of hydrogen-bond acceptors (Lipinski definition) is 4. The van der Waals surface area contributed by atoms with Gasteiger partial charge in [-0.15, -0.1) is 0 Å². The molecule has 0 aliphatic heterocycles. The molecule has 0 aliphatic carbocycles. The lowest BCUT2D eigenvalue weighted by atomic mass is 10.2. The van der Waals surface area contributed by atoms with Gasteiger partial charge in [0.25, 0.3) is 0 Å². The van der Waals surface area contributed by atoms with E-state index in [2.05, 4.69) is 10.3 Å². The number of halogens is 1. The Bertz CT molecular complexity index is 572. The molecule has 2 rings (SSSR count). The molecule has 1 heterocycles. The van der Waals surface area contributed by atoms with Crippen LogP contribution in [0.4, 0.5) is 4.39 Å². The normalized spacial score (nSPS) is 10.8. The van der Waals surface area contributed by atoms with Gasteiger partial charge in [0, 0.05) is 31.6 Å². The van der Waals surface area contributed by atoms with Crippen LogP contribution in [0.1, 0.15) is 11.4 Å². The highest BCUT2D eigenvalue weighted by Crippen LogP contribution is 2.21. The molecular formula is C15H20FN3O2. The maximum absolute atomic E-state index is 14.2. The quantitative estimate of drug-likeness (QED) is 0.754. The van der Waals surface area contributed by atoms with Crippen molar-refractivity contribution in [3.8, 4) is 5.75 Å². The minimum Gasteiger partial charge on any atom is -0.494 e. The first-order valence-corrected chi connectivity index (χ1v) is 6.77. The van der Waals surface area contributed by atoms with Crippen LogP contribution in [0.25, 0.3) is 0 Å². The summed E-state index contributed by atoms with van der Waals surface area (Å²) in [6.07, 6.45) is 3.55. The van der Waals surface area contributed by atoms with Crippen LogP contribution in [0.3, 0.4) is 0 Å². The van der Waals surface area contributed by atoms with Crippen LogP contribution in [0.2, 0.25) is 0 Å². The van der Waals surface area contributed by atoms with Crippen LogP contribution < -0.4 is 10.1 Å². The van der Waals surface area contributed by atoms with E-state index in [1.807, 2.05) is 10.8 Å². The van der Waals surface area contributed by atoms with Crippen molar-refractivity contribution in [1.29, 1.82) is 0 Å². The fourth-order valence-electron chi connectivity index (χ4n) is 2.05. The SMILES string of the molecule is COCCNCc1nccn1Cc1cccc(OC)c1F. The van der Waals surface area contributed by atoms with Crippen molar-refractivity contribution in [3.63, 3.8) is 0 Å². The van der Waals surface area contributed by atoms with Crippen LogP contribution in [-0.4, -0.2) is 36.9 Å². The van der Waals surface area contributed by atoms with Crippen molar-refractivity contribution in [2.24, 2.45) is 0 Å². The number of methoxy groups -OCH3 is 2. The van der Waals surface area contributed by atoms with E-state index in [-0.39, 0.29) is 11.6 Å². The summed E-state index contributed by atoms with van der Waals surface area (Å²) in [5, 5.41) is 3.23. The van der Waals surface area contributed by atoms with E-state index in [1.165, 1.54) is 7.11 Å². The fraction of sp³-hybridized carbons (Fsp3) is 0.400. The Labute approximate surface area is 123 Å². The molecular weight excluding hydrogens is 273 g/mol. The molecule has 0 aliphatic rings. The average molecular weight is 293 g/mol. The summed E-state index contributed by atoms with van der Waals surface area (Å²) in [6.45, 7) is 2.42. The molecule has 1 aromatic carbocycles. The minimum absolute atomic E-state index is 0.257. The zero-order chi connectivity index (χ0) is 15.1. The van der Waals surface area contributed by atoms with Crippen molar-refractivity contribution < 1.29 is 13.9 Å². The van der Waals surface area contributed by atoms with Crippen LogP contribution >= 0.6 is 0 Å². The van der Waals surface area contributed by atoms with Gasteiger partial charge in [-0.1, -0.05) is 12.1 Å². The Morgan fingerprint density at radius 2 is 2.19 bits per heavy atom. The highest BCUT2D eigenvalue weighted by Gasteiger charge is 2.10. The summed E-state index contributed by atoms with van der Waals surface area (Å²) in [6, 6.07) is 5.14. The molecule has 2 aromatic rings. The summed E-state index contributed by atoms with van der Waals surface area (Å²) in [4.78, 5) is 4.29. The van der Waals surface area contributed by atoms with E-state index in [0.29, 0.717) is 25.3 Å². The first-order chi connectivity index (χ1) is 10.3. The summed E-state index contributed by atoms with van der Waals surface area (Å²) in [5.41, 5.74) is 0.575. The van der Waals surface area contributed by atoms with E-state index >= 15 is 0 Å². The number of imidazole rings is 1. The second-order valence-electron chi connectivity index (χ2n) is 4.57. The van der Waals surface area contributed by atoms with E-state index in [0.717, 1.165) is 12.4 Å². The van der Waals surface area contributed by atoms with Crippen LogP contribution in [-0.2, 0) is 17.8 Å². The van der Waals surface area contributed by atoms with Gasteiger partial charge < -0.3 is 19.4 Å². The highest BCUT2D eigenvalue weighted by atomic mass is 19.1. The van der Waals surface area contributed by atoms with Crippen LogP contribution in [0, 0.1) is 5.82 Å². The Kier molecular flexibility index (Phi) is 5.71. The van der Waals surface area contributed by atoms with Gasteiger partial charge in [-0.2, -0.15) is 0 Å². The van der Waals surface area contributed by atoms with Gasteiger partial charge in [0.05, 0.1) is 26.8 Å². The monoisotopic (exact) mass is 293 g/mol. The number of aromatic nitrogens is 2. The lowest BCUT2D eigenvalue weighted by Gasteiger charge is -2.11. The minimum atomic E-state index is -0.327. The standard InChI is InChI=1S/C15H20FN3O2/c1-20-9-7-17-10-14-18-6-8-19(14)11-12-4-3-5-13(21-2)15(12)16/h3-6,8,17H,7,9-11H2,1-2H3. The molecule has 0 bridgehead atoms. The third kappa shape index (κ3) is 4.03. The topological polar surface area (TPSA) is 48.3 Å². The molecule has 0 spiro atoms. The second kappa shape index (κ2) is 7.75. The van der Waals surface area contributed by atoms with Crippen LogP contribution in [0.5, 0.6) is 5.75 Å². The van der Waals surface area contributed by atoms with Crippen molar-refractivity contribution in [3.05, 3.63) is 47.8 Å². The van der Waals surface area contributed by atoms with E-state index < -0.39 is 0 Å². The van der Waals surface area contributed by atoms with Gasteiger partial charge in [0.15, 0.2) is 11.6 Å². The zero-order valence-corrected chi connectivity index (χ0v) is 12.3. The Morgan fingerprint density at radius 3 is 2.95 bits per heavy atom. The number of nitrogens with one attached hydrogen (secondary N) is 1. The average Bonchev–Trinajstić information content (AvgIpc) is 2.93. The predicted molar refractivity (Wildman–Crippen MR) is 77.9 cm³/mol. The molecule has 5 nitrogen and oxygen atoms in total. The molecule has 0 fully saturated rings. The number of nitrogens with zero attached hydrogens (tertiary/aromatic N) is 2. The van der Waals surface area contributed by atoms with Crippen molar-refractivity contribution in [2.45, 2.75) is 13.1 Å². The highest BCUT2D eigenvalue weighted by molar-refractivity contribution is 5.31. The molecule has 21 heavy (non-hydrogen) atoms. The first-order valence-electron chi connectivity index (χ1n) is 6.77. The van der Waals surface area contributed by atoms with Crippen molar-refractivity contribution >= 4 is 0 Å². The fourth-order valence-corrected chi connectivity index (χ4v) is 2.05. The third-order valence-electron chi connectivity index (χ3n) is 3.17. The lowest BCUT2D eigenvalue weighted by molar-refractivity contribution is 0.199. The zero-order valence-electron chi connectivity index (χ0n) is 12.3. The van der Waals surface area contributed by atoms with Crippen molar-refractivity contribution in [2.75, 3.05) is 27.4 Å². The molecule has 0 saturated heterocycles.